The van der Waals surface area contributed by atoms with Gasteiger partial charge in [0, 0.05) is 27.2 Å². The number of amides is 4. The molecule has 0 aromatic heterocycles. The molecule has 8 nitrogen and oxygen atoms in total. The van der Waals surface area contributed by atoms with Gasteiger partial charge in [-0.1, -0.05) is 12.1 Å². The highest BCUT2D eigenvalue weighted by atomic mass is 32.2. The van der Waals surface area contributed by atoms with Crippen LogP contribution < -0.4 is 10.6 Å². The van der Waals surface area contributed by atoms with Crippen molar-refractivity contribution in [2.75, 3.05) is 32.9 Å². The summed E-state index contributed by atoms with van der Waals surface area (Å²) >= 11 is 1.39. The minimum atomic E-state index is -0.552. The molecule has 3 fully saturated rings. The highest BCUT2D eigenvalue weighted by Gasteiger charge is 2.51. The first kappa shape index (κ1) is 22.0. The molecule has 31 heavy (non-hydrogen) atoms. The Labute approximate surface area is 185 Å². The average molecular weight is 450 g/mol. The molecular formula is C21H28FN5O3S. The molecule has 3 aliphatic heterocycles. The molecule has 10 heteroatoms. The van der Waals surface area contributed by atoms with Crippen LogP contribution in [-0.4, -0.2) is 77.0 Å². The first-order valence-corrected chi connectivity index (χ1v) is 11.6. The lowest BCUT2D eigenvalue weighted by atomic mass is 9.96. The van der Waals surface area contributed by atoms with Crippen LogP contribution in [0, 0.1) is 11.7 Å². The summed E-state index contributed by atoms with van der Waals surface area (Å²) < 4.78 is 13.4. The number of halogens is 1. The standard InChI is InChI=1S/C21H28FN5O3S/c1-25-18-16(20(29)26(2)21(25)30)19(31-12-15(28)27-10-4-3-5-11-27)24-17(23-18)13-6-8-14(22)9-7-13/h6-9,16-19,23-24H,3-5,10-12H2,1-2H3. The Balaban J connectivity index is 1.55. The number of carbonyl (C=O) groups is 3. The van der Waals surface area contributed by atoms with E-state index in [2.05, 4.69) is 10.6 Å². The maximum Gasteiger partial charge on any atom is 0.327 e. The number of likely N-dealkylation sites (tertiary alicyclic amines) is 1. The number of imide groups is 1. The summed E-state index contributed by atoms with van der Waals surface area (Å²) in [6.45, 7) is 1.56. The largest absolute Gasteiger partial charge is 0.342 e. The minimum absolute atomic E-state index is 0.0703. The molecule has 0 spiro atoms. The quantitative estimate of drug-likeness (QED) is 0.726. The number of hydrogen-bond acceptors (Lipinski definition) is 6. The Morgan fingerprint density at radius 3 is 2.45 bits per heavy atom. The van der Waals surface area contributed by atoms with Crippen LogP contribution in [0.25, 0.3) is 0 Å². The van der Waals surface area contributed by atoms with E-state index in [9.17, 15) is 18.8 Å². The lowest BCUT2D eigenvalue weighted by molar-refractivity contribution is -0.140. The van der Waals surface area contributed by atoms with Gasteiger partial charge in [0.2, 0.25) is 11.8 Å². The molecule has 4 unspecified atom stereocenters. The number of benzene rings is 1. The van der Waals surface area contributed by atoms with Crippen LogP contribution in [0.2, 0.25) is 0 Å². The maximum atomic E-state index is 13.4. The molecule has 0 saturated carbocycles. The SMILES string of the molecule is CN1C(=O)C2C(SCC(=O)N3CCCCC3)NC(c3ccc(F)cc3)NC2N(C)C1=O. The Morgan fingerprint density at radius 1 is 1.10 bits per heavy atom. The molecule has 168 valence electrons. The van der Waals surface area contributed by atoms with E-state index in [0.717, 1.165) is 42.8 Å². The predicted octanol–water partition coefficient (Wildman–Crippen LogP) is 1.55. The van der Waals surface area contributed by atoms with E-state index in [1.807, 2.05) is 4.90 Å². The van der Waals surface area contributed by atoms with Crippen molar-refractivity contribution in [3.63, 3.8) is 0 Å². The van der Waals surface area contributed by atoms with E-state index in [1.54, 1.807) is 19.2 Å². The lowest BCUT2D eigenvalue weighted by Gasteiger charge is -2.50. The molecular weight excluding hydrogens is 421 g/mol. The number of hydrogen-bond donors (Lipinski definition) is 2. The van der Waals surface area contributed by atoms with Gasteiger partial charge in [0.25, 0.3) is 0 Å². The van der Waals surface area contributed by atoms with Crippen molar-refractivity contribution in [3.05, 3.63) is 35.6 Å². The van der Waals surface area contributed by atoms with E-state index in [4.69, 9.17) is 0 Å². The molecule has 4 rings (SSSR count). The third-order valence-corrected chi connectivity index (χ3v) is 7.46. The molecule has 3 aliphatic rings. The van der Waals surface area contributed by atoms with E-state index in [0.29, 0.717) is 0 Å². The summed E-state index contributed by atoms with van der Waals surface area (Å²) in [7, 11) is 3.13. The molecule has 4 amide bonds. The summed E-state index contributed by atoms with van der Waals surface area (Å²) in [5.74, 6) is -0.846. The highest BCUT2D eigenvalue weighted by Crippen LogP contribution is 2.34. The van der Waals surface area contributed by atoms with Gasteiger partial charge in [-0.05, 0) is 37.0 Å². The van der Waals surface area contributed by atoms with Gasteiger partial charge in [-0.3, -0.25) is 25.1 Å². The van der Waals surface area contributed by atoms with Crippen LogP contribution in [0.1, 0.15) is 31.0 Å². The second-order valence-electron chi connectivity index (χ2n) is 8.25. The summed E-state index contributed by atoms with van der Waals surface area (Å²) in [6, 6.07) is 5.70. The van der Waals surface area contributed by atoms with Gasteiger partial charge in [-0.2, -0.15) is 0 Å². The average Bonchev–Trinajstić information content (AvgIpc) is 2.80. The van der Waals surface area contributed by atoms with Gasteiger partial charge in [-0.25, -0.2) is 9.18 Å². The number of rotatable bonds is 4. The number of nitrogens with zero attached hydrogens (tertiary/aromatic N) is 3. The molecule has 0 radical (unpaired) electrons. The first-order valence-electron chi connectivity index (χ1n) is 10.6. The van der Waals surface area contributed by atoms with Gasteiger partial charge in [0.05, 0.1) is 29.4 Å². The van der Waals surface area contributed by atoms with Gasteiger partial charge in [0.1, 0.15) is 5.82 Å². The lowest BCUT2D eigenvalue weighted by Crippen LogP contribution is -2.72. The monoisotopic (exact) mass is 449 g/mol. The van der Waals surface area contributed by atoms with Crippen molar-refractivity contribution in [3.8, 4) is 0 Å². The summed E-state index contributed by atoms with van der Waals surface area (Å²) in [5.41, 5.74) is 0.792. The third kappa shape index (κ3) is 4.42. The molecule has 1 aromatic rings. The molecule has 3 saturated heterocycles. The molecule has 1 aromatic carbocycles. The van der Waals surface area contributed by atoms with Gasteiger partial charge >= 0.3 is 6.03 Å². The Bertz CT molecular complexity index is 848. The van der Waals surface area contributed by atoms with Crippen LogP contribution in [0.3, 0.4) is 0 Å². The van der Waals surface area contributed by atoms with Crippen LogP contribution in [0.5, 0.6) is 0 Å². The second kappa shape index (κ2) is 9.13. The summed E-state index contributed by atoms with van der Waals surface area (Å²) in [4.78, 5) is 42.8. The van der Waals surface area contributed by atoms with Crippen LogP contribution in [-0.2, 0) is 9.59 Å². The zero-order chi connectivity index (χ0) is 22.1. The van der Waals surface area contributed by atoms with Crippen LogP contribution in [0.15, 0.2) is 24.3 Å². The first-order chi connectivity index (χ1) is 14.9. The van der Waals surface area contributed by atoms with Gasteiger partial charge < -0.3 is 9.80 Å². The molecule has 0 bridgehead atoms. The molecule has 4 atom stereocenters. The molecule has 2 N–H and O–H groups in total. The van der Waals surface area contributed by atoms with Crippen molar-refractivity contribution in [1.29, 1.82) is 0 Å². The number of nitrogens with one attached hydrogen (secondary N) is 2. The van der Waals surface area contributed by atoms with Crippen LogP contribution in [0.4, 0.5) is 9.18 Å². The fourth-order valence-corrected chi connectivity index (χ4v) is 5.65. The van der Waals surface area contributed by atoms with Gasteiger partial charge in [-0.15, -0.1) is 11.8 Å². The predicted molar refractivity (Wildman–Crippen MR) is 115 cm³/mol. The topological polar surface area (TPSA) is 85.0 Å². The normalized spacial score (nSPS) is 29.2. The summed E-state index contributed by atoms with van der Waals surface area (Å²) in [5, 5.41) is 6.34. The Morgan fingerprint density at radius 2 is 1.77 bits per heavy atom. The smallest absolute Gasteiger partial charge is 0.327 e. The van der Waals surface area contributed by atoms with Crippen molar-refractivity contribution in [1.82, 2.24) is 25.3 Å². The molecule has 3 heterocycles. The van der Waals surface area contributed by atoms with E-state index in [1.165, 1.54) is 35.8 Å². The third-order valence-electron chi connectivity index (χ3n) is 6.25. The van der Waals surface area contributed by atoms with Crippen molar-refractivity contribution in [2.24, 2.45) is 5.92 Å². The fraction of sp³-hybridized carbons (Fsp3) is 0.571. The van der Waals surface area contributed by atoms with Gasteiger partial charge in [0.15, 0.2) is 0 Å². The number of piperidine rings is 1. The minimum Gasteiger partial charge on any atom is -0.342 e. The van der Waals surface area contributed by atoms with E-state index < -0.39 is 18.2 Å². The Hall–Kier alpha value is -2.17. The van der Waals surface area contributed by atoms with Crippen molar-refractivity contribution < 1.29 is 18.8 Å². The van der Waals surface area contributed by atoms with Crippen molar-refractivity contribution >= 4 is 29.6 Å². The maximum absolute atomic E-state index is 13.4. The zero-order valence-electron chi connectivity index (χ0n) is 17.7. The molecule has 0 aliphatic carbocycles. The Kier molecular flexibility index (Phi) is 6.49. The number of carbonyl (C=O) groups excluding carboxylic acids is 3. The number of fused-ring (bicyclic) bond motifs is 1. The zero-order valence-corrected chi connectivity index (χ0v) is 18.5. The number of urea groups is 1. The highest BCUT2D eigenvalue weighted by molar-refractivity contribution is 8.00. The van der Waals surface area contributed by atoms with E-state index >= 15 is 0 Å². The number of thioether (sulfide) groups is 1. The summed E-state index contributed by atoms with van der Waals surface area (Å²) in [6.07, 6.45) is 2.27. The van der Waals surface area contributed by atoms with E-state index in [-0.39, 0.29) is 34.8 Å². The second-order valence-corrected chi connectivity index (χ2v) is 9.38. The van der Waals surface area contributed by atoms with Crippen molar-refractivity contribution in [2.45, 2.75) is 37.0 Å². The van der Waals surface area contributed by atoms with Crippen LogP contribution >= 0.6 is 11.8 Å². The fourth-order valence-electron chi connectivity index (χ4n) is 4.44.